The summed E-state index contributed by atoms with van der Waals surface area (Å²) in [5.74, 6) is -3.96. The minimum atomic E-state index is -1.31. The number of carboxylic acid groups (broad SMARTS) is 1. The molecule has 0 bridgehead atoms. The van der Waals surface area contributed by atoms with Crippen LogP contribution in [0, 0.1) is 11.6 Å². The second-order valence-electron chi connectivity index (χ2n) is 2.42. The van der Waals surface area contributed by atoms with Crippen LogP contribution in [0.15, 0.2) is 17.0 Å². The van der Waals surface area contributed by atoms with Crippen molar-refractivity contribution in [2.45, 2.75) is 4.90 Å². The lowest BCUT2D eigenvalue weighted by molar-refractivity contribution is -0.139. The predicted molar refractivity (Wildman–Crippen MR) is 46.7 cm³/mol. The van der Waals surface area contributed by atoms with Crippen LogP contribution >= 0.6 is 12.6 Å². The summed E-state index contributed by atoms with van der Waals surface area (Å²) in [5.41, 5.74) is 0. The van der Waals surface area contributed by atoms with Gasteiger partial charge in [-0.15, -0.1) is 12.6 Å². The van der Waals surface area contributed by atoms with E-state index in [1.54, 1.807) is 0 Å². The molecule has 0 heterocycles. The predicted octanol–water partition coefficient (Wildman–Crippen LogP) is 1.72. The van der Waals surface area contributed by atoms with Crippen molar-refractivity contribution in [3.05, 3.63) is 23.8 Å². The van der Waals surface area contributed by atoms with Gasteiger partial charge in [-0.1, -0.05) is 0 Å². The van der Waals surface area contributed by atoms with E-state index in [1.165, 1.54) is 0 Å². The smallest absolute Gasteiger partial charge is 0.341 e. The summed E-state index contributed by atoms with van der Waals surface area (Å²) in [5, 5.41) is 8.23. The minimum Gasteiger partial charge on any atom is -0.479 e. The zero-order valence-corrected chi connectivity index (χ0v) is 7.72. The van der Waals surface area contributed by atoms with Gasteiger partial charge in [0, 0.05) is 4.90 Å². The van der Waals surface area contributed by atoms with E-state index in [0.29, 0.717) is 0 Å². The topological polar surface area (TPSA) is 46.5 Å². The largest absolute Gasteiger partial charge is 0.479 e. The summed E-state index contributed by atoms with van der Waals surface area (Å²) in [6.45, 7) is -0.792. The number of aliphatic carboxylic acids is 1. The van der Waals surface area contributed by atoms with Gasteiger partial charge in [-0.05, 0) is 12.1 Å². The summed E-state index contributed by atoms with van der Waals surface area (Å²) in [6.07, 6.45) is 0. The van der Waals surface area contributed by atoms with Crippen molar-refractivity contribution in [3.63, 3.8) is 0 Å². The molecule has 3 nitrogen and oxygen atoms in total. The Morgan fingerprint density at radius 2 is 1.93 bits per heavy atom. The number of thiol groups is 1. The third-order valence-electron chi connectivity index (χ3n) is 1.32. The maximum atomic E-state index is 13.0. The van der Waals surface area contributed by atoms with Crippen LogP contribution in [-0.4, -0.2) is 17.7 Å². The van der Waals surface area contributed by atoms with Crippen molar-refractivity contribution in [2.75, 3.05) is 6.61 Å². The first-order chi connectivity index (χ1) is 6.50. The highest BCUT2D eigenvalue weighted by atomic mass is 32.1. The SMILES string of the molecule is O=C(O)COc1c(F)cc(S)cc1F. The maximum absolute atomic E-state index is 13.0. The van der Waals surface area contributed by atoms with Gasteiger partial charge >= 0.3 is 5.97 Å². The third-order valence-corrected chi connectivity index (χ3v) is 1.58. The molecule has 0 aromatic heterocycles. The van der Waals surface area contributed by atoms with E-state index in [-0.39, 0.29) is 4.90 Å². The molecule has 0 fully saturated rings. The number of rotatable bonds is 3. The molecule has 0 saturated carbocycles. The average Bonchev–Trinajstić information content (AvgIpc) is 2.01. The number of halogens is 2. The van der Waals surface area contributed by atoms with Crippen molar-refractivity contribution in [2.24, 2.45) is 0 Å². The zero-order valence-electron chi connectivity index (χ0n) is 6.83. The first-order valence-electron chi connectivity index (χ1n) is 3.53. The Bertz CT molecular complexity index is 345. The molecular weight excluding hydrogens is 214 g/mol. The number of carboxylic acids is 1. The van der Waals surface area contributed by atoms with Gasteiger partial charge in [0.2, 0.25) is 0 Å². The average molecular weight is 220 g/mol. The molecule has 0 aliphatic carbocycles. The third kappa shape index (κ3) is 2.59. The standard InChI is InChI=1S/C8H6F2O3S/c9-5-1-4(14)2-6(10)8(5)13-3-7(11)12/h1-2,14H,3H2,(H,11,12). The molecule has 0 saturated heterocycles. The number of benzene rings is 1. The van der Waals surface area contributed by atoms with Crippen molar-refractivity contribution in [1.82, 2.24) is 0 Å². The van der Waals surface area contributed by atoms with Gasteiger partial charge in [-0.2, -0.15) is 0 Å². The van der Waals surface area contributed by atoms with Gasteiger partial charge < -0.3 is 9.84 Å². The molecule has 1 N–H and O–H groups in total. The Hall–Kier alpha value is -1.30. The van der Waals surface area contributed by atoms with Crippen LogP contribution < -0.4 is 4.74 Å². The highest BCUT2D eigenvalue weighted by Gasteiger charge is 2.12. The molecule has 6 heteroatoms. The van der Waals surface area contributed by atoms with Gasteiger partial charge in [-0.25, -0.2) is 13.6 Å². The molecule has 76 valence electrons. The number of hydrogen-bond acceptors (Lipinski definition) is 3. The van der Waals surface area contributed by atoms with Crippen LogP contribution in [0.2, 0.25) is 0 Å². The Balaban J connectivity index is 2.91. The first kappa shape index (κ1) is 10.8. The molecule has 0 spiro atoms. The Morgan fingerprint density at radius 3 is 2.36 bits per heavy atom. The molecule has 0 radical (unpaired) electrons. The van der Waals surface area contributed by atoms with Crippen molar-refractivity contribution < 1.29 is 23.4 Å². The van der Waals surface area contributed by atoms with Crippen molar-refractivity contribution in [1.29, 1.82) is 0 Å². The molecular formula is C8H6F2O3S. The molecule has 0 amide bonds. The van der Waals surface area contributed by atoms with E-state index in [1.807, 2.05) is 0 Å². The summed E-state index contributed by atoms with van der Waals surface area (Å²) < 4.78 is 30.3. The van der Waals surface area contributed by atoms with E-state index in [2.05, 4.69) is 17.4 Å². The zero-order chi connectivity index (χ0) is 10.7. The fourth-order valence-corrected chi connectivity index (χ4v) is 1.04. The molecule has 0 unspecified atom stereocenters. The molecule has 0 aliphatic rings. The first-order valence-corrected chi connectivity index (χ1v) is 3.98. The highest BCUT2D eigenvalue weighted by Crippen LogP contribution is 2.24. The van der Waals surface area contributed by atoms with Gasteiger partial charge in [0.1, 0.15) is 0 Å². The van der Waals surface area contributed by atoms with Crippen LogP contribution in [0.1, 0.15) is 0 Å². The summed E-state index contributed by atoms with van der Waals surface area (Å²) in [6, 6.07) is 1.87. The van der Waals surface area contributed by atoms with Crippen LogP contribution in [0.25, 0.3) is 0 Å². The second-order valence-corrected chi connectivity index (χ2v) is 2.94. The normalized spacial score (nSPS) is 9.93. The van der Waals surface area contributed by atoms with Gasteiger partial charge in [0.05, 0.1) is 0 Å². The van der Waals surface area contributed by atoms with E-state index in [4.69, 9.17) is 5.11 Å². The summed E-state index contributed by atoms with van der Waals surface area (Å²) >= 11 is 3.73. The molecule has 0 aliphatic heterocycles. The molecule has 14 heavy (non-hydrogen) atoms. The van der Waals surface area contributed by atoms with Gasteiger partial charge in [0.15, 0.2) is 24.0 Å². The van der Waals surface area contributed by atoms with Crippen LogP contribution in [0.5, 0.6) is 5.75 Å². The van der Waals surface area contributed by atoms with Crippen LogP contribution in [-0.2, 0) is 4.79 Å². The Morgan fingerprint density at radius 1 is 1.43 bits per heavy atom. The number of hydrogen-bond donors (Lipinski definition) is 2. The quantitative estimate of drug-likeness (QED) is 0.762. The molecule has 1 rings (SSSR count). The highest BCUT2D eigenvalue weighted by molar-refractivity contribution is 7.80. The lowest BCUT2D eigenvalue weighted by atomic mass is 10.3. The Labute approximate surface area is 83.7 Å². The Kier molecular flexibility index (Phi) is 3.29. The fraction of sp³-hybridized carbons (Fsp3) is 0.125. The fourth-order valence-electron chi connectivity index (χ4n) is 0.818. The lowest BCUT2D eigenvalue weighted by Gasteiger charge is -2.06. The second kappa shape index (κ2) is 4.28. The van der Waals surface area contributed by atoms with Crippen molar-refractivity contribution in [3.8, 4) is 5.75 Å². The van der Waals surface area contributed by atoms with Crippen molar-refractivity contribution >= 4 is 18.6 Å². The van der Waals surface area contributed by atoms with E-state index in [9.17, 15) is 13.6 Å². The monoisotopic (exact) mass is 220 g/mol. The summed E-state index contributed by atoms with van der Waals surface area (Å²) in [7, 11) is 0. The molecule has 0 atom stereocenters. The van der Waals surface area contributed by atoms with Crippen LogP contribution in [0.4, 0.5) is 8.78 Å². The summed E-state index contributed by atoms with van der Waals surface area (Å²) in [4.78, 5) is 10.2. The lowest BCUT2D eigenvalue weighted by Crippen LogP contribution is -2.11. The molecule has 1 aromatic rings. The van der Waals surface area contributed by atoms with Gasteiger partial charge in [-0.3, -0.25) is 0 Å². The maximum Gasteiger partial charge on any atom is 0.341 e. The number of ether oxygens (including phenoxy) is 1. The molecule has 1 aromatic carbocycles. The van der Waals surface area contributed by atoms with Crippen LogP contribution in [0.3, 0.4) is 0 Å². The minimum absolute atomic E-state index is 0.0997. The van der Waals surface area contributed by atoms with Gasteiger partial charge in [0.25, 0.3) is 0 Å². The van der Waals surface area contributed by atoms with E-state index >= 15 is 0 Å². The number of carbonyl (C=O) groups is 1. The van der Waals surface area contributed by atoms with E-state index in [0.717, 1.165) is 12.1 Å². The van der Waals surface area contributed by atoms with E-state index < -0.39 is 30.0 Å².